The molecule has 1 aromatic heterocycles. The van der Waals surface area contributed by atoms with Crippen LogP contribution in [0.15, 0.2) is 36.8 Å². The van der Waals surface area contributed by atoms with Crippen molar-refractivity contribution in [3.05, 3.63) is 48.0 Å². The van der Waals surface area contributed by atoms with Crippen molar-refractivity contribution in [3.63, 3.8) is 0 Å². The summed E-state index contributed by atoms with van der Waals surface area (Å²) in [5.74, 6) is 0. The molecule has 1 aromatic carbocycles. The summed E-state index contributed by atoms with van der Waals surface area (Å²) in [6.45, 7) is 1.08. The normalized spacial score (nSPS) is 18.6. The van der Waals surface area contributed by atoms with Crippen LogP contribution in [0.25, 0.3) is 5.69 Å². The van der Waals surface area contributed by atoms with Gasteiger partial charge in [-0.15, -0.1) is 0 Å². The van der Waals surface area contributed by atoms with Crippen molar-refractivity contribution < 1.29 is 0 Å². The van der Waals surface area contributed by atoms with Crippen LogP contribution in [0, 0.1) is 11.3 Å². The summed E-state index contributed by atoms with van der Waals surface area (Å²) in [5.41, 5.74) is 3.37. The van der Waals surface area contributed by atoms with Gasteiger partial charge >= 0.3 is 0 Å². The molecule has 4 heteroatoms. The number of nitrogens with zero attached hydrogens (tertiary/aromatic N) is 3. The molecule has 1 N–H and O–H groups in total. The molecule has 1 aliphatic rings. The number of piperidine rings is 1. The van der Waals surface area contributed by atoms with E-state index in [0.717, 1.165) is 24.2 Å². The van der Waals surface area contributed by atoms with E-state index in [0.29, 0.717) is 12.5 Å². The Balaban J connectivity index is 1.87. The van der Waals surface area contributed by atoms with Crippen molar-refractivity contribution in [1.82, 2.24) is 14.9 Å². The van der Waals surface area contributed by atoms with Crippen LogP contribution >= 0.6 is 0 Å². The lowest BCUT2D eigenvalue weighted by Crippen LogP contribution is -2.28. The number of nitrogens with one attached hydrogen (secondary N) is 1. The lowest BCUT2D eigenvalue weighted by atomic mass is 10.0. The Morgan fingerprint density at radius 2 is 2.15 bits per heavy atom. The highest BCUT2D eigenvalue weighted by Crippen LogP contribution is 2.25. The number of nitriles is 1. The Kier molecular flexibility index (Phi) is 3.80. The minimum atomic E-state index is 0.394. The summed E-state index contributed by atoms with van der Waals surface area (Å²) < 4.78 is 2.14. The van der Waals surface area contributed by atoms with E-state index in [2.05, 4.69) is 33.1 Å². The molecule has 1 saturated heterocycles. The third kappa shape index (κ3) is 2.59. The van der Waals surface area contributed by atoms with Crippen molar-refractivity contribution in [2.24, 2.45) is 0 Å². The summed E-state index contributed by atoms with van der Waals surface area (Å²) in [7, 11) is 0. The summed E-state index contributed by atoms with van der Waals surface area (Å²) in [6, 6.07) is 10.7. The molecule has 2 heterocycles. The SMILES string of the molecule is N#CCc1ccc(-n2cncc2C2CCCCN2)cc1. The first-order chi connectivity index (χ1) is 9.88. The second kappa shape index (κ2) is 5.89. The zero-order valence-corrected chi connectivity index (χ0v) is 11.4. The molecule has 0 saturated carbocycles. The van der Waals surface area contributed by atoms with Crippen molar-refractivity contribution in [2.75, 3.05) is 6.54 Å². The largest absolute Gasteiger partial charge is 0.309 e. The van der Waals surface area contributed by atoms with Crippen LogP contribution in [-0.4, -0.2) is 16.1 Å². The maximum atomic E-state index is 8.71. The van der Waals surface area contributed by atoms with Crippen LogP contribution in [-0.2, 0) is 6.42 Å². The maximum Gasteiger partial charge on any atom is 0.0994 e. The van der Waals surface area contributed by atoms with E-state index in [-0.39, 0.29) is 0 Å². The highest BCUT2D eigenvalue weighted by Gasteiger charge is 2.18. The van der Waals surface area contributed by atoms with Gasteiger partial charge in [-0.1, -0.05) is 18.6 Å². The molecule has 1 unspecified atom stereocenters. The molecular weight excluding hydrogens is 248 g/mol. The van der Waals surface area contributed by atoms with Crippen LogP contribution < -0.4 is 5.32 Å². The Morgan fingerprint density at radius 1 is 1.30 bits per heavy atom. The van der Waals surface area contributed by atoms with Gasteiger partial charge in [0.15, 0.2) is 0 Å². The number of aromatic nitrogens is 2. The predicted molar refractivity (Wildman–Crippen MR) is 77.5 cm³/mol. The fraction of sp³-hybridized carbons (Fsp3) is 0.375. The summed E-state index contributed by atoms with van der Waals surface area (Å²) in [6.07, 6.45) is 7.97. The predicted octanol–water partition coefficient (Wildman–Crippen LogP) is 2.75. The van der Waals surface area contributed by atoms with Gasteiger partial charge < -0.3 is 9.88 Å². The van der Waals surface area contributed by atoms with E-state index in [4.69, 9.17) is 5.26 Å². The third-order valence-corrected chi connectivity index (χ3v) is 3.83. The van der Waals surface area contributed by atoms with Crippen LogP contribution in [0.4, 0.5) is 0 Å². The number of benzene rings is 1. The molecule has 102 valence electrons. The summed E-state index contributed by atoms with van der Waals surface area (Å²) >= 11 is 0. The third-order valence-electron chi connectivity index (χ3n) is 3.83. The zero-order valence-electron chi connectivity index (χ0n) is 11.4. The summed E-state index contributed by atoms with van der Waals surface area (Å²) in [5, 5.41) is 12.3. The molecule has 0 amide bonds. The topological polar surface area (TPSA) is 53.6 Å². The number of imidazole rings is 1. The highest BCUT2D eigenvalue weighted by atomic mass is 15.1. The monoisotopic (exact) mass is 266 g/mol. The highest BCUT2D eigenvalue weighted by molar-refractivity contribution is 5.37. The van der Waals surface area contributed by atoms with Crippen molar-refractivity contribution >= 4 is 0 Å². The second-order valence-corrected chi connectivity index (χ2v) is 5.19. The van der Waals surface area contributed by atoms with Gasteiger partial charge in [0.05, 0.1) is 30.7 Å². The Hall–Kier alpha value is -2.12. The van der Waals surface area contributed by atoms with Gasteiger partial charge in [0.2, 0.25) is 0 Å². The fourth-order valence-electron chi connectivity index (χ4n) is 2.75. The van der Waals surface area contributed by atoms with E-state index in [1.807, 2.05) is 24.7 Å². The van der Waals surface area contributed by atoms with Crippen LogP contribution in [0.1, 0.15) is 36.6 Å². The standard InChI is InChI=1S/C16H18N4/c17-9-8-13-4-6-14(7-5-13)20-12-18-11-16(20)15-3-1-2-10-19-15/h4-7,11-12,15,19H,1-3,8,10H2. The molecule has 0 radical (unpaired) electrons. The molecule has 0 bridgehead atoms. The molecule has 3 rings (SSSR count). The van der Waals surface area contributed by atoms with E-state index >= 15 is 0 Å². The van der Waals surface area contributed by atoms with Gasteiger partial charge in [-0.05, 0) is 37.1 Å². The van der Waals surface area contributed by atoms with Gasteiger partial charge in [-0.2, -0.15) is 5.26 Å². The first-order valence-corrected chi connectivity index (χ1v) is 7.10. The van der Waals surface area contributed by atoms with E-state index in [1.165, 1.54) is 18.5 Å². The van der Waals surface area contributed by atoms with Gasteiger partial charge in [0, 0.05) is 11.7 Å². The Labute approximate surface area is 119 Å². The molecule has 2 aromatic rings. The smallest absolute Gasteiger partial charge is 0.0994 e. The first-order valence-electron chi connectivity index (χ1n) is 7.10. The molecule has 0 aliphatic carbocycles. The minimum Gasteiger partial charge on any atom is -0.309 e. The Morgan fingerprint density at radius 3 is 2.85 bits per heavy atom. The quantitative estimate of drug-likeness (QED) is 0.929. The minimum absolute atomic E-state index is 0.394. The first kappa shape index (κ1) is 12.9. The molecule has 20 heavy (non-hydrogen) atoms. The molecule has 1 atom stereocenters. The number of hydrogen-bond acceptors (Lipinski definition) is 3. The maximum absolute atomic E-state index is 8.71. The molecule has 4 nitrogen and oxygen atoms in total. The second-order valence-electron chi connectivity index (χ2n) is 5.19. The number of rotatable bonds is 3. The van der Waals surface area contributed by atoms with Gasteiger partial charge in [0.25, 0.3) is 0 Å². The number of hydrogen-bond donors (Lipinski definition) is 1. The lowest BCUT2D eigenvalue weighted by molar-refractivity contribution is 0.402. The molecule has 1 aliphatic heterocycles. The fourth-order valence-corrected chi connectivity index (χ4v) is 2.75. The van der Waals surface area contributed by atoms with Crippen LogP contribution in [0.3, 0.4) is 0 Å². The zero-order chi connectivity index (χ0) is 13.8. The molecule has 1 fully saturated rings. The van der Waals surface area contributed by atoms with Crippen molar-refractivity contribution in [1.29, 1.82) is 5.26 Å². The van der Waals surface area contributed by atoms with Gasteiger partial charge in [0.1, 0.15) is 0 Å². The molecular formula is C16H18N4. The van der Waals surface area contributed by atoms with E-state index in [1.54, 1.807) is 0 Å². The van der Waals surface area contributed by atoms with Crippen molar-refractivity contribution in [3.8, 4) is 11.8 Å². The van der Waals surface area contributed by atoms with Crippen molar-refractivity contribution in [2.45, 2.75) is 31.7 Å². The van der Waals surface area contributed by atoms with Gasteiger partial charge in [-0.25, -0.2) is 4.98 Å². The van der Waals surface area contributed by atoms with Crippen LogP contribution in [0.2, 0.25) is 0 Å². The average molecular weight is 266 g/mol. The Bertz CT molecular complexity index is 600. The average Bonchev–Trinajstić information content (AvgIpc) is 2.99. The van der Waals surface area contributed by atoms with E-state index < -0.39 is 0 Å². The van der Waals surface area contributed by atoms with Crippen LogP contribution in [0.5, 0.6) is 0 Å². The lowest BCUT2D eigenvalue weighted by Gasteiger charge is -2.24. The van der Waals surface area contributed by atoms with E-state index in [9.17, 15) is 0 Å². The van der Waals surface area contributed by atoms with Gasteiger partial charge in [-0.3, -0.25) is 0 Å². The summed E-state index contributed by atoms with van der Waals surface area (Å²) in [4.78, 5) is 4.30. The molecule has 0 spiro atoms.